The van der Waals surface area contributed by atoms with Gasteiger partial charge in [-0.1, -0.05) is 0 Å². The molecule has 122 valence electrons. The van der Waals surface area contributed by atoms with Crippen LogP contribution in [0.15, 0.2) is 36.4 Å². The van der Waals surface area contributed by atoms with E-state index in [0.717, 1.165) is 11.1 Å². The average Bonchev–Trinajstić information content (AvgIpc) is 2.76. The van der Waals surface area contributed by atoms with Gasteiger partial charge in [-0.2, -0.15) is 0 Å². The molecule has 0 unspecified atom stereocenters. The Morgan fingerprint density at radius 2 is 1.21 bits per heavy atom. The smallest absolute Gasteiger partial charge is 0.337 e. The second-order valence-electron chi connectivity index (χ2n) is 5.56. The highest BCUT2D eigenvalue weighted by atomic mass is 16.5. The number of ether oxygens (including phenoxy) is 2. The number of ketones is 1. The second kappa shape index (κ2) is 6.28. The lowest BCUT2D eigenvalue weighted by molar-refractivity contribution is 0.0591. The van der Waals surface area contributed by atoms with E-state index in [2.05, 4.69) is 0 Å². The minimum atomic E-state index is -0.431. The van der Waals surface area contributed by atoms with Crippen molar-refractivity contribution < 1.29 is 23.9 Å². The Bertz CT molecular complexity index is 781. The SMILES string of the molecule is COC(=O)c1ccc2c(c1)CCc1cc(C(=O)OC)ccc1C2=O. The summed E-state index contributed by atoms with van der Waals surface area (Å²) in [7, 11) is 2.65. The average molecular weight is 324 g/mol. The summed E-state index contributed by atoms with van der Waals surface area (Å²) in [4.78, 5) is 36.2. The molecular formula is C19H16O5. The minimum absolute atomic E-state index is 0.106. The molecule has 24 heavy (non-hydrogen) atoms. The van der Waals surface area contributed by atoms with Gasteiger partial charge in [0.05, 0.1) is 25.3 Å². The molecule has 5 nitrogen and oxygen atoms in total. The Morgan fingerprint density at radius 1 is 0.792 bits per heavy atom. The Hall–Kier alpha value is -2.95. The highest BCUT2D eigenvalue weighted by molar-refractivity contribution is 6.12. The highest BCUT2D eigenvalue weighted by Gasteiger charge is 2.23. The van der Waals surface area contributed by atoms with Gasteiger partial charge in [-0.3, -0.25) is 4.79 Å². The van der Waals surface area contributed by atoms with Crippen LogP contribution in [0, 0.1) is 0 Å². The van der Waals surface area contributed by atoms with Gasteiger partial charge in [0.25, 0.3) is 0 Å². The van der Waals surface area contributed by atoms with Gasteiger partial charge in [-0.25, -0.2) is 9.59 Å². The first kappa shape index (κ1) is 15.9. The number of aryl methyl sites for hydroxylation is 2. The van der Waals surface area contributed by atoms with Gasteiger partial charge in [0.2, 0.25) is 0 Å². The Balaban J connectivity index is 2.03. The minimum Gasteiger partial charge on any atom is -0.465 e. The number of rotatable bonds is 2. The van der Waals surface area contributed by atoms with E-state index in [1.165, 1.54) is 14.2 Å². The fourth-order valence-corrected chi connectivity index (χ4v) is 2.95. The summed E-state index contributed by atoms with van der Waals surface area (Å²) >= 11 is 0. The van der Waals surface area contributed by atoms with E-state index in [4.69, 9.17) is 9.47 Å². The lowest BCUT2D eigenvalue weighted by atomic mass is 9.96. The van der Waals surface area contributed by atoms with Crippen molar-refractivity contribution in [1.82, 2.24) is 0 Å². The number of hydrogen-bond acceptors (Lipinski definition) is 5. The summed E-state index contributed by atoms with van der Waals surface area (Å²) in [5.74, 6) is -0.967. The van der Waals surface area contributed by atoms with Crippen molar-refractivity contribution in [2.45, 2.75) is 12.8 Å². The molecule has 0 saturated heterocycles. The van der Waals surface area contributed by atoms with E-state index in [9.17, 15) is 14.4 Å². The summed E-state index contributed by atoms with van der Waals surface area (Å²) in [6, 6.07) is 9.91. The summed E-state index contributed by atoms with van der Waals surface area (Å²) in [5, 5.41) is 0. The summed E-state index contributed by atoms with van der Waals surface area (Å²) in [5.41, 5.74) is 3.60. The van der Waals surface area contributed by atoms with Crippen molar-refractivity contribution in [3.05, 3.63) is 69.8 Å². The maximum absolute atomic E-state index is 12.8. The van der Waals surface area contributed by atoms with Crippen LogP contribution in [0.2, 0.25) is 0 Å². The van der Waals surface area contributed by atoms with Crippen LogP contribution in [-0.2, 0) is 22.3 Å². The van der Waals surface area contributed by atoms with Crippen molar-refractivity contribution in [2.75, 3.05) is 14.2 Å². The number of fused-ring (bicyclic) bond motifs is 2. The molecule has 0 radical (unpaired) electrons. The third-order valence-corrected chi connectivity index (χ3v) is 4.21. The Morgan fingerprint density at radius 3 is 1.58 bits per heavy atom. The number of hydrogen-bond donors (Lipinski definition) is 0. The zero-order valence-corrected chi connectivity index (χ0v) is 13.4. The quantitative estimate of drug-likeness (QED) is 0.794. The fourth-order valence-electron chi connectivity index (χ4n) is 2.95. The zero-order valence-electron chi connectivity index (χ0n) is 13.4. The molecule has 0 fully saturated rings. The van der Waals surface area contributed by atoms with E-state index in [-0.39, 0.29) is 5.78 Å². The predicted molar refractivity (Wildman–Crippen MR) is 86.4 cm³/mol. The molecule has 0 N–H and O–H groups in total. The van der Waals surface area contributed by atoms with E-state index >= 15 is 0 Å². The number of benzene rings is 2. The predicted octanol–water partition coefficient (Wildman–Crippen LogP) is 2.59. The molecular weight excluding hydrogens is 308 g/mol. The molecule has 0 aromatic heterocycles. The maximum atomic E-state index is 12.8. The second-order valence-corrected chi connectivity index (χ2v) is 5.56. The van der Waals surface area contributed by atoms with Crippen LogP contribution in [-0.4, -0.2) is 31.9 Å². The third kappa shape index (κ3) is 2.69. The van der Waals surface area contributed by atoms with Gasteiger partial charge >= 0.3 is 11.9 Å². The Kier molecular flexibility index (Phi) is 4.16. The summed E-state index contributed by atoms with van der Waals surface area (Å²) < 4.78 is 9.45. The molecule has 0 saturated carbocycles. The van der Waals surface area contributed by atoms with Crippen molar-refractivity contribution in [2.24, 2.45) is 0 Å². The fraction of sp³-hybridized carbons (Fsp3) is 0.211. The summed E-state index contributed by atoms with van der Waals surface area (Å²) in [6.45, 7) is 0. The van der Waals surface area contributed by atoms with E-state index in [0.29, 0.717) is 35.1 Å². The van der Waals surface area contributed by atoms with Crippen LogP contribution in [0.4, 0.5) is 0 Å². The van der Waals surface area contributed by atoms with Gasteiger partial charge in [0, 0.05) is 11.1 Å². The van der Waals surface area contributed by atoms with Gasteiger partial charge in [-0.15, -0.1) is 0 Å². The normalized spacial score (nSPS) is 12.7. The molecule has 0 heterocycles. The first-order valence-corrected chi connectivity index (χ1v) is 7.52. The summed E-state index contributed by atoms with van der Waals surface area (Å²) in [6.07, 6.45) is 1.20. The van der Waals surface area contributed by atoms with E-state index in [1.54, 1.807) is 36.4 Å². The number of methoxy groups -OCH3 is 2. The molecule has 5 heteroatoms. The Labute approximate surface area is 139 Å². The van der Waals surface area contributed by atoms with Crippen molar-refractivity contribution in [3.8, 4) is 0 Å². The van der Waals surface area contributed by atoms with Crippen LogP contribution >= 0.6 is 0 Å². The van der Waals surface area contributed by atoms with Crippen LogP contribution in [0.3, 0.4) is 0 Å². The molecule has 3 rings (SSSR count). The third-order valence-electron chi connectivity index (χ3n) is 4.21. The molecule has 2 aromatic carbocycles. The molecule has 0 spiro atoms. The zero-order chi connectivity index (χ0) is 17.3. The topological polar surface area (TPSA) is 69.7 Å². The molecule has 0 bridgehead atoms. The molecule has 1 aliphatic rings. The van der Waals surface area contributed by atoms with Gasteiger partial charge in [0.15, 0.2) is 5.78 Å². The highest BCUT2D eigenvalue weighted by Crippen LogP contribution is 2.26. The lowest BCUT2D eigenvalue weighted by Gasteiger charge is -2.08. The molecule has 2 aromatic rings. The lowest BCUT2D eigenvalue weighted by Crippen LogP contribution is -2.08. The molecule has 1 aliphatic carbocycles. The van der Waals surface area contributed by atoms with Crippen LogP contribution in [0.1, 0.15) is 47.8 Å². The van der Waals surface area contributed by atoms with Crippen LogP contribution in [0.25, 0.3) is 0 Å². The molecule has 0 aliphatic heterocycles. The van der Waals surface area contributed by atoms with Crippen LogP contribution < -0.4 is 0 Å². The van der Waals surface area contributed by atoms with E-state index in [1.807, 2.05) is 0 Å². The van der Waals surface area contributed by atoms with Crippen molar-refractivity contribution >= 4 is 17.7 Å². The van der Waals surface area contributed by atoms with Gasteiger partial charge in [0.1, 0.15) is 0 Å². The standard InChI is InChI=1S/C19H16O5/c1-23-18(21)13-5-7-15-11(9-13)3-4-12-10-14(19(22)24-2)6-8-16(12)17(15)20/h5-10H,3-4H2,1-2H3. The number of carbonyl (C=O) groups excluding carboxylic acids is 3. The number of esters is 2. The first-order chi connectivity index (χ1) is 11.5. The van der Waals surface area contributed by atoms with Crippen LogP contribution in [0.5, 0.6) is 0 Å². The maximum Gasteiger partial charge on any atom is 0.337 e. The van der Waals surface area contributed by atoms with Gasteiger partial charge < -0.3 is 9.47 Å². The van der Waals surface area contributed by atoms with Gasteiger partial charge in [-0.05, 0) is 60.4 Å². The number of carbonyl (C=O) groups is 3. The monoisotopic (exact) mass is 324 g/mol. The van der Waals surface area contributed by atoms with E-state index < -0.39 is 11.9 Å². The van der Waals surface area contributed by atoms with Crippen molar-refractivity contribution in [1.29, 1.82) is 0 Å². The first-order valence-electron chi connectivity index (χ1n) is 7.52. The largest absolute Gasteiger partial charge is 0.465 e. The molecule has 0 amide bonds. The van der Waals surface area contributed by atoms with Crippen molar-refractivity contribution in [3.63, 3.8) is 0 Å². The molecule has 0 atom stereocenters.